The number of rotatable bonds is 6. The first kappa shape index (κ1) is 15.8. The monoisotopic (exact) mass is 280 g/mol. The van der Waals surface area contributed by atoms with E-state index in [1.165, 1.54) is 18.2 Å². The van der Waals surface area contributed by atoms with Gasteiger partial charge in [-0.25, -0.2) is 9.59 Å². The van der Waals surface area contributed by atoms with E-state index in [-0.39, 0.29) is 17.3 Å². The lowest BCUT2D eigenvalue weighted by Crippen LogP contribution is -2.35. The Morgan fingerprint density at radius 1 is 1.30 bits per heavy atom. The average molecular weight is 280 g/mol. The van der Waals surface area contributed by atoms with Gasteiger partial charge in [-0.1, -0.05) is 13.3 Å². The van der Waals surface area contributed by atoms with E-state index in [1.54, 1.807) is 4.90 Å². The lowest BCUT2D eigenvalue weighted by Gasteiger charge is -2.21. The van der Waals surface area contributed by atoms with Crippen molar-refractivity contribution in [1.29, 1.82) is 0 Å². The first-order chi connectivity index (χ1) is 9.49. The normalized spacial score (nSPS) is 10.1. The van der Waals surface area contributed by atoms with Gasteiger partial charge in [0.25, 0.3) is 0 Å². The molecule has 6 nitrogen and oxygen atoms in total. The molecule has 0 bridgehead atoms. The molecule has 0 heterocycles. The summed E-state index contributed by atoms with van der Waals surface area (Å²) in [5.41, 5.74) is 0.111. The number of anilines is 1. The number of unbranched alkanes of at least 4 members (excludes halogenated alkanes) is 1. The second kappa shape index (κ2) is 7.37. The number of aromatic carboxylic acids is 1. The molecule has 3 N–H and O–H groups in total. The zero-order chi connectivity index (χ0) is 15.1. The van der Waals surface area contributed by atoms with Crippen LogP contribution < -0.4 is 5.32 Å². The van der Waals surface area contributed by atoms with Crippen LogP contribution in [0.4, 0.5) is 10.5 Å². The van der Waals surface area contributed by atoms with Gasteiger partial charge in [0.05, 0.1) is 0 Å². The average Bonchev–Trinajstić information content (AvgIpc) is 2.41. The molecule has 0 aliphatic rings. The molecule has 0 aliphatic heterocycles. The molecule has 0 radical (unpaired) electrons. The lowest BCUT2D eigenvalue weighted by atomic mass is 10.2. The molecule has 110 valence electrons. The molecule has 0 aliphatic carbocycles. The van der Waals surface area contributed by atoms with Gasteiger partial charge in [-0.3, -0.25) is 0 Å². The third kappa shape index (κ3) is 4.15. The fourth-order valence-electron chi connectivity index (χ4n) is 1.74. The third-order valence-corrected chi connectivity index (χ3v) is 2.93. The highest BCUT2D eigenvalue weighted by Crippen LogP contribution is 2.21. The number of nitrogens with zero attached hydrogens (tertiary/aromatic N) is 1. The molecule has 0 aromatic heterocycles. The molecule has 1 aromatic rings. The summed E-state index contributed by atoms with van der Waals surface area (Å²) in [6.45, 7) is 5.16. The van der Waals surface area contributed by atoms with Crippen LogP contribution >= 0.6 is 0 Å². The number of phenols is 1. The van der Waals surface area contributed by atoms with Crippen LogP contribution in [0.5, 0.6) is 5.75 Å². The Morgan fingerprint density at radius 3 is 2.55 bits per heavy atom. The van der Waals surface area contributed by atoms with E-state index in [2.05, 4.69) is 5.32 Å². The van der Waals surface area contributed by atoms with Crippen LogP contribution in [0.25, 0.3) is 0 Å². The highest BCUT2D eigenvalue weighted by atomic mass is 16.4. The minimum absolute atomic E-state index is 0.237. The second-order valence-electron chi connectivity index (χ2n) is 4.40. The zero-order valence-corrected chi connectivity index (χ0v) is 11.7. The van der Waals surface area contributed by atoms with Crippen LogP contribution in [0.15, 0.2) is 18.2 Å². The molecular formula is C14H20N2O4. The van der Waals surface area contributed by atoms with Crippen LogP contribution in [0.1, 0.15) is 37.0 Å². The molecule has 0 atom stereocenters. The predicted octanol–water partition coefficient (Wildman–Crippen LogP) is 2.74. The van der Waals surface area contributed by atoms with Gasteiger partial charge in [0.2, 0.25) is 0 Å². The van der Waals surface area contributed by atoms with Gasteiger partial charge >= 0.3 is 12.0 Å². The van der Waals surface area contributed by atoms with Gasteiger partial charge in [0, 0.05) is 18.8 Å². The van der Waals surface area contributed by atoms with Gasteiger partial charge in [-0.15, -0.1) is 0 Å². The van der Waals surface area contributed by atoms with Crippen LogP contribution in [-0.4, -0.2) is 40.2 Å². The van der Waals surface area contributed by atoms with Crippen molar-refractivity contribution in [3.63, 3.8) is 0 Å². The van der Waals surface area contributed by atoms with Crippen LogP contribution in [0.2, 0.25) is 0 Å². The fraction of sp³-hybridized carbons (Fsp3) is 0.429. The SMILES string of the molecule is CCCCN(CC)C(=O)Nc1ccc(O)c(C(=O)O)c1. The largest absolute Gasteiger partial charge is 0.507 e. The molecule has 0 fully saturated rings. The summed E-state index contributed by atoms with van der Waals surface area (Å²) >= 11 is 0. The summed E-state index contributed by atoms with van der Waals surface area (Å²) in [7, 11) is 0. The first-order valence-corrected chi connectivity index (χ1v) is 6.61. The number of amides is 2. The van der Waals surface area contributed by atoms with Gasteiger partial charge in [0.15, 0.2) is 0 Å². The number of nitrogens with one attached hydrogen (secondary N) is 1. The van der Waals surface area contributed by atoms with Crippen LogP contribution in [0, 0.1) is 0 Å². The number of urea groups is 1. The number of hydrogen-bond acceptors (Lipinski definition) is 3. The fourth-order valence-corrected chi connectivity index (χ4v) is 1.74. The first-order valence-electron chi connectivity index (χ1n) is 6.61. The molecule has 6 heteroatoms. The van der Waals surface area contributed by atoms with E-state index in [4.69, 9.17) is 5.11 Å². The van der Waals surface area contributed by atoms with E-state index in [1.807, 2.05) is 13.8 Å². The second-order valence-corrected chi connectivity index (χ2v) is 4.40. The van der Waals surface area contributed by atoms with Gasteiger partial charge in [-0.05, 0) is 31.5 Å². The van der Waals surface area contributed by atoms with E-state index in [0.717, 1.165) is 12.8 Å². The molecule has 2 amide bonds. The van der Waals surface area contributed by atoms with E-state index in [9.17, 15) is 14.7 Å². The Kier molecular flexibility index (Phi) is 5.83. The van der Waals surface area contributed by atoms with Crippen molar-refractivity contribution in [3.8, 4) is 5.75 Å². The minimum Gasteiger partial charge on any atom is -0.507 e. The number of carbonyl (C=O) groups excluding carboxylic acids is 1. The number of carboxylic acids is 1. The summed E-state index contributed by atoms with van der Waals surface area (Å²) in [5.74, 6) is -1.56. The Morgan fingerprint density at radius 2 is 2.00 bits per heavy atom. The number of hydrogen-bond donors (Lipinski definition) is 3. The number of aromatic hydroxyl groups is 1. The van der Waals surface area contributed by atoms with E-state index >= 15 is 0 Å². The highest BCUT2D eigenvalue weighted by Gasteiger charge is 2.14. The predicted molar refractivity (Wildman–Crippen MR) is 76.2 cm³/mol. The maximum Gasteiger partial charge on any atom is 0.339 e. The van der Waals surface area contributed by atoms with Crippen molar-refractivity contribution in [2.24, 2.45) is 0 Å². The maximum absolute atomic E-state index is 12.0. The Hall–Kier alpha value is -2.24. The molecule has 20 heavy (non-hydrogen) atoms. The van der Waals surface area contributed by atoms with Crippen molar-refractivity contribution in [2.75, 3.05) is 18.4 Å². The summed E-state index contributed by atoms with van der Waals surface area (Å²) in [6, 6.07) is 3.68. The van der Waals surface area contributed by atoms with Crippen molar-refractivity contribution in [2.45, 2.75) is 26.7 Å². The maximum atomic E-state index is 12.0. The van der Waals surface area contributed by atoms with Crippen molar-refractivity contribution >= 4 is 17.7 Å². The topological polar surface area (TPSA) is 89.9 Å². The van der Waals surface area contributed by atoms with Crippen LogP contribution in [0.3, 0.4) is 0 Å². The molecule has 1 aromatic carbocycles. The number of carbonyl (C=O) groups is 2. The molecule has 0 unspecified atom stereocenters. The van der Waals surface area contributed by atoms with Gasteiger partial charge in [0.1, 0.15) is 11.3 Å². The Balaban J connectivity index is 2.79. The van der Waals surface area contributed by atoms with Gasteiger partial charge in [-0.2, -0.15) is 0 Å². The van der Waals surface area contributed by atoms with E-state index in [0.29, 0.717) is 18.8 Å². The third-order valence-electron chi connectivity index (χ3n) is 2.93. The quantitative estimate of drug-likeness (QED) is 0.699. The van der Waals surface area contributed by atoms with Crippen molar-refractivity contribution in [3.05, 3.63) is 23.8 Å². The molecule has 0 spiro atoms. The van der Waals surface area contributed by atoms with Crippen molar-refractivity contribution < 1.29 is 19.8 Å². The van der Waals surface area contributed by atoms with Crippen molar-refractivity contribution in [1.82, 2.24) is 4.90 Å². The van der Waals surface area contributed by atoms with Crippen LogP contribution in [-0.2, 0) is 0 Å². The highest BCUT2D eigenvalue weighted by molar-refractivity contribution is 5.95. The summed E-state index contributed by atoms with van der Waals surface area (Å²) < 4.78 is 0. The van der Waals surface area contributed by atoms with E-state index < -0.39 is 5.97 Å². The Labute approximate surface area is 118 Å². The summed E-state index contributed by atoms with van der Waals surface area (Å²) in [5, 5.41) is 21.0. The Bertz CT molecular complexity index is 488. The number of benzene rings is 1. The zero-order valence-electron chi connectivity index (χ0n) is 11.7. The molecular weight excluding hydrogens is 260 g/mol. The summed E-state index contributed by atoms with van der Waals surface area (Å²) in [4.78, 5) is 24.6. The number of carboxylic acid groups (broad SMARTS) is 1. The van der Waals surface area contributed by atoms with Gasteiger partial charge < -0.3 is 20.4 Å². The minimum atomic E-state index is -1.24. The molecule has 1 rings (SSSR count). The summed E-state index contributed by atoms with van der Waals surface area (Å²) in [6.07, 6.45) is 1.91. The standard InChI is InChI=1S/C14H20N2O4/c1-3-5-8-16(4-2)14(20)15-10-6-7-12(17)11(9-10)13(18)19/h6-7,9,17H,3-5,8H2,1-2H3,(H,15,20)(H,18,19). The molecule has 0 saturated heterocycles. The molecule has 0 saturated carbocycles. The smallest absolute Gasteiger partial charge is 0.339 e. The lowest BCUT2D eigenvalue weighted by molar-refractivity contribution is 0.0693.